The Kier molecular flexibility index (Phi) is 7.11. The highest BCUT2D eigenvalue weighted by molar-refractivity contribution is 9.10. The number of piperidine rings is 1. The average Bonchev–Trinajstić information content (AvgIpc) is 2.74. The molecule has 1 aliphatic rings. The summed E-state index contributed by atoms with van der Waals surface area (Å²) < 4.78 is 0.945. The van der Waals surface area contributed by atoms with Crippen LogP contribution in [0.1, 0.15) is 34.3 Å². The first kappa shape index (κ1) is 21.1. The van der Waals surface area contributed by atoms with Crippen molar-refractivity contribution in [2.45, 2.75) is 26.3 Å². The number of hydrogen-bond donors (Lipinski definition) is 0. The number of hydrogen-bond acceptors (Lipinski definition) is 2. The van der Waals surface area contributed by atoms with E-state index in [1.54, 1.807) is 4.90 Å². The van der Waals surface area contributed by atoms with Crippen LogP contribution in [0.25, 0.3) is 0 Å². The Hall–Kier alpha value is -2.58. The number of carbonyl (C=O) groups is 2. The minimum atomic E-state index is -0.0947. The zero-order valence-corrected chi connectivity index (χ0v) is 18.2. The molecular weight excluding hydrogens is 428 g/mol. The number of amides is 2. The van der Waals surface area contributed by atoms with Crippen molar-refractivity contribution in [3.63, 3.8) is 0 Å². The van der Waals surface area contributed by atoms with Gasteiger partial charge in [-0.1, -0.05) is 51.7 Å². The molecule has 0 spiro atoms. The van der Waals surface area contributed by atoms with Gasteiger partial charge in [0.15, 0.2) is 0 Å². The highest BCUT2D eigenvalue weighted by Gasteiger charge is 2.30. The van der Waals surface area contributed by atoms with Gasteiger partial charge in [-0.15, -0.1) is 6.42 Å². The van der Waals surface area contributed by atoms with Crippen molar-refractivity contribution in [1.82, 2.24) is 9.80 Å². The zero-order chi connectivity index (χ0) is 20.8. The van der Waals surface area contributed by atoms with Crippen molar-refractivity contribution in [2.24, 2.45) is 5.92 Å². The lowest BCUT2D eigenvalue weighted by Gasteiger charge is -2.34. The van der Waals surface area contributed by atoms with Crippen LogP contribution >= 0.6 is 15.9 Å². The van der Waals surface area contributed by atoms with Gasteiger partial charge in [0.05, 0.1) is 6.54 Å². The average molecular weight is 453 g/mol. The van der Waals surface area contributed by atoms with Crippen LogP contribution in [0.2, 0.25) is 0 Å². The molecule has 0 atom stereocenters. The van der Waals surface area contributed by atoms with Gasteiger partial charge in [-0.3, -0.25) is 9.59 Å². The van der Waals surface area contributed by atoms with Crippen LogP contribution in [0, 0.1) is 25.2 Å². The van der Waals surface area contributed by atoms with E-state index in [0.717, 1.165) is 10.0 Å². The largest absolute Gasteiger partial charge is 0.339 e. The predicted octanol–water partition coefficient (Wildman–Crippen LogP) is 4.27. The molecule has 2 amide bonds. The van der Waals surface area contributed by atoms with Crippen molar-refractivity contribution >= 4 is 27.7 Å². The van der Waals surface area contributed by atoms with E-state index in [4.69, 9.17) is 6.42 Å². The number of halogens is 1. The molecule has 0 aromatic heterocycles. The standard InChI is InChI=1S/C24H25BrN2O2/c1-3-14-27(17-19-6-4-18(2)5-7-19)24(29)21-12-15-26(16-13-21)23(28)20-8-10-22(25)11-9-20/h1,4-11,21H,12-17H2,2H3. The fraction of sp³-hybridized carbons (Fsp3) is 0.333. The molecule has 0 unspecified atom stereocenters. The van der Waals surface area contributed by atoms with Gasteiger partial charge >= 0.3 is 0 Å². The van der Waals surface area contributed by atoms with Crippen molar-refractivity contribution in [3.05, 3.63) is 69.7 Å². The molecule has 1 aliphatic heterocycles. The maximum atomic E-state index is 13.1. The second kappa shape index (κ2) is 9.76. The molecule has 1 heterocycles. The predicted molar refractivity (Wildman–Crippen MR) is 118 cm³/mol. The molecule has 29 heavy (non-hydrogen) atoms. The first-order chi connectivity index (χ1) is 14.0. The van der Waals surface area contributed by atoms with E-state index in [9.17, 15) is 9.59 Å². The smallest absolute Gasteiger partial charge is 0.253 e. The number of carbonyl (C=O) groups excluding carboxylic acids is 2. The number of aryl methyl sites for hydroxylation is 1. The fourth-order valence-electron chi connectivity index (χ4n) is 3.60. The quantitative estimate of drug-likeness (QED) is 0.635. The van der Waals surface area contributed by atoms with E-state index >= 15 is 0 Å². The molecule has 0 bridgehead atoms. The summed E-state index contributed by atoms with van der Waals surface area (Å²) in [6, 6.07) is 15.5. The summed E-state index contributed by atoms with van der Waals surface area (Å²) in [6.45, 7) is 4.02. The normalized spacial score (nSPS) is 14.3. The molecular formula is C24H25BrN2O2. The van der Waals surface area contributed by atoms with Gasteiger partial charge in [-0.05, 0) is 49.6 Å². The first-order valence-corrected chi connectivity index (χ1v) is 10.6. The van der Waals surface area contributed by atoms with Crippen molar-refractivity contribution < 1.29 is 9.59 Å². The van der Waals surface area contributed by atoms with E-state index in [0.29, 0.717) is 44.6 Å². The summed E-state index contributed by atoms with van der Waals surface area (Å²) >= 11 is 3.39. The van der Waals surface area contributed by atoms with Gasteiger partial charge in [0.1, 0.15) is 0 Å². The van der Waals surface area contributed by atoms with Gasteiger partial charge in [0.2, 0.25) is 5.91 Å². The molecule has 4 nitrogen and oxygen atoms in total. The number of nitrogens with zero attached hydrogens (tertiary/aromatic N) is 2. The highest BCUT2D eigenvalue weighted by atomic mass is 79.9. The molecule has 0 aliphatic carbocycles. The Morgan fingerprint density at radius 1 is 1.10 bits per heavy atom. The van der Waals surface area contributed by atoms with E-state index < -0.39 is 0 Å². The van der Waals surface area contributed by atoms with Gasteiger partial charge in [-0.25, -0.2) is 0 Å². The second-order valence-electron chi connectivity index (χ2n) is 7.46. The Bertz CT molecular complexity index is 892. The van der Waals surface area contributed by atoms with Gasteiger partial charge in [-0.2, -0.15) is 0 Å². The van der Waals surface area contributed by atoms with Gasteiger partial charge in [0, 0.05) is 35.6 Å². The number of terminal acetylenes is 1. The maximum absolute atomic E-state index is 13.1. The first-order valence-electron chi connectivity index (χ1n) is 9.80. The molecule has 0 N–H and O–H groups in total. The third-order valence-electron chi connectivity index (χ3n) is 5.31. The van der Waals surface area contributed by atoms with Crippen LogP contribution < -0.4 is 0 Å². The Labute approximate surface area is 181 Å². The van der Waals surface area contributed by atoms with Crippen LogP contribution in [0.3, 0.4) is 0 Å². The van der Waals surface area contributed by atoms with Crippen LogP contribution in [0.15, 0.2) is 53.0 Å². The molecule has 150 valence electrons. The van der Waals surface area contributed by atoms with E-state index in [2.05, 4.69) is 21.9 Å². The number of likely N-dealkylation sites (tertiary alicyclic amines) is 1. The molecule has 5 heteroatoms. The number of rotatable bonds is 5. The van der Waals surface area contributed by atoms with Crippen LogP contribution in [-0.2, 0) is 11.3 Å². The zero-order valence-electron chi connectivity index (χ0n) is 16.6. The SMILES string of the molecule is C#CCN(Cc1ccc(C)cc1)C(=O)C1CCN(C(=O)c2ccc(Br)cc2)CC1. The molecule has 2 aromatic rings. The summed E-state index contributed by atoms with van der Waals surface area (Å²) in [4.78, 5) is 29.3. The lowest BCUT2D eigenvalue weighted by molar-refractivity contribution is -0.136. The summed E-state index contributed by atoms with van der Waals surface area (Å²) in [7, 11) is 0. The molecule has 3 rings (SSSR count). The third kappa shape index (κ3) is 5.48. The molecule has 1 saturated heterocycles. The molecule has 0 radical (unpaired) electrons. The maximum Gasteiger partial charge on any atom is 0.253 e. The van der Waals surface area contributed by atoms with Gasteiger partial charge in [0.25, 0.3) is 5.91 Å². The second-order valence-corrected chi connectivity index (χ2v) is 8.37. The minimum Gasteiger partial charge on any atom is -0.339 e. The molecule has 2 aromatic carbocycles. The van der Waals surface area contributed by atoms with Crippen molar-refractivity contribution in [3.8, 4) is 12.3 Å². The topological polar surface area (TPSA) is 40.6 Å². The van der Waals surface area contributed by atoms with Crippen LogP contribution in [-0.4, -0.2) is 41.2 Å². The van der Waals surface area contributed by atoms with Crippen LogP contribution in [0.4, 0.5) is 0 Å². The lowest BCUT2D eigenvalue weighted by atomic mass is 9.94. The van der Waals surface area contributed by atoms with Gasteiger partial charge < -0.3 is 9.80 Å². The highest BCUT2D eigenvalue weighted by Crippen LogP contribution is 2.23. The summed E-state index contributed by atoms with van der Waals surface area (Å²) in [5.41, 5.74) is 2.93. The Morgan fingerprint density at radius 2 is 1.72 bits per heavy atom. The fourth-order valence-corrected chi connectivity index (χ4v) is 3.86. The van der Waals surface area contributed by atoms with Crippen molar-refractivity contribution in [2.75, 3.05) is 19.6 Å². The third-order valence-corrected chi connectivity index (χ3v) is 5.84. The van der Waals surface area contributed by atoms with Crippen LogP contribution in [0.5, 0.6) is 0 Å². The number of benzene rings is 2. The van der Waals surface area contributed by atoms with Crippen molar-refractivity contribution in [1.29, 1.82) is 0 Å². The van der Waals surface area contributed by atoms with E-state index in [-0.39, 0.29) is 17.7 Å². The minimum absolute atomic E-state index is 0.0172. The van der Waals surface area contributed by atoms with E-state index in [1.165, 1.54) is 5.56 Å². The molecule has 1 fully saturated rings. The summed E-state index contributed by atoms with van der Waals surface area (Å²) in [5, 5.41) is 0. The summed E-state index contributed by atoms with van der Waals surface area (Å²) in [6.07, 6.45) is 6.84. The lowest BCUT2D eigenvalue weighted by Crippen LogP contribution is -2.44. The van der Waals surface area contributed by atoms with E-state index in [1.807, 2.05) is 60.4 Å². The monoisotopic (exact) mass is 452 g/mol. The Balaban J connectivity index is 1.59. The Morgan fingerprint density at radius 3 is 2.31 bits per heavy atom. The summed E-state index contributed by atoms with van der Waals surface area (Å²) in [5.74, 6) is 2.61. The molecule has 0 saturated carbocycles.